The Kier molecular flexibility index (Phi) is 5.53. The zero-order valence-electron chi connectivity index (χ0n) is 10.3. The van der Waals surface area contributed by atoms with E-state index in [0.717, 1.165) is 19.6 Å². The van der Waals surface area contributed by atoms with Crippen LogP contribution in [-0.4, -0.2) is 85.8 Å². The Morgan fingerprint density at radius 3 is 2.40 bits per heavy atom. The van der Waals surface area contributed by atoms with Crippen LogP contribution in [0, 0.1) is 0 Å². The fourth-order valence-corrected chi connectivity index (χ4v) is 1.93. The second-order valence-corrected chi connectivity index (χ2v) is 4.76. The Labute approximate surface area is 93.5 Å². The van der Waals surface area contributed by atoms with Crippen molar-refractivity contribution in [2.75, 3.05) is 59.9 Å². The summed E-state index contributed by atoms with van der Waals surface area (Å²) >= 11 is 0. The van der Waals surface area contributed by atoms with Gasteiger partial charge in [0.2, 0.25) is 0 Å². The first kappa shape index (κ1) is 12.9. The molecule has 1 aliphatic rings. The number of hydrogen-bond donors (Lipinski definition) is 1. The van der Waals surface area contributed by atoms with Gasteiger partial charge in [-0.15, -0.1) is 0 Å². The van der Waals surface area contributed by atoms with Crippen LogP contribution in [0.3, 0.4) is 0 Å². The van der Waals surface area contributed by atoms with E-state index in [-0.39, 0.29) is 6.10 Å². The lowest BCUT2D eigenvalue weighted by atomic mass is 10.3. The Morgan fingerprint density at radius 2 is 1.87 bits per heavy atom. The molecule has 0 aromatic carbocycles. The molecule has 1 saturated heterocycles. The zero-order valence-corrected chi connectivity index (χ0v) is 10.3. The maximum absolute atomic E-state index is 9.23. The molecule has 1 heterocycles. The molecular formula is C11H25N3O. The predicted octanol–water partition coefficient (Wildman–Crippen LogP) is -0.454. The molecule has 0 amide bonds. The highest BCUT2D eigenvalue weighted by atomic mass is 16.3. The van der Waals surface area contributed by atoms with Crippen LogP contribution >= 0.6 is 0 Å². The molecular weight excluding hydrogens is 190 g/mol. The molecule has 1 unspecified atom stereocenters. The number of nitrogens with zero attached hydrogens (tertiary/aromatic N) is 3. The van der Waals surface area contributed by atoms with Gasteiger partial charge in [-0.05, 0) is 21.0 Å². The molecule has 0 spiro atoms. The van der Waals surface area contributed by atoms with E-state index in [4.69, 9.17) is 0 Å². The minimum absolute atomic E-state index is 0.220. The van der Waals surface area contributed by atoms with Gasteiger partial charge in [-0.2, -0.15) is 0 Å². The highest BCUT2D eigenvalue weighted by molar-refractivity contribution is 4.70. The van der Waals surface area contributed by atoms with Crippen LogP contribution in [0.2, 0.25) is 0 Å². The van der Waals surface area contributed by atoms with Crippen LogP contribution in [-0.2, 0) is 0 Å². The summed E-state index contributed by atoms with van der Waals surface area (Å²) in [7, 11) is 4.25. The molecule has 1 N–H and O–H groups in total. The smallest absolute Gasteiger partial charge is 0.0638 e. The lowest BCUT2D eigenvalue weighted by molar-refractivity contribution is 0.114. The van der Waals surface area contributed by atoms with Gasteiger partial charge in [-0.3, -0.25) is 4.90 Å². The van der Waals surface area contributed by atoms with Gasteiger partial charge >= 0.3 is 0 Å². The van der Waals surface area contributed by atoms with Crippen LogP contribution in [0.25, 0.3) is 0 Å². The molecule has 0 radical (unpaired) electrons. The van der Waals surface area contributed by atoms with Gasteiger partial charge in [0, 0.05) is 45.8 Å². The number of likely N-dealkylation sites (N-methyl/N-ethyl adjacent to an activating group) is 2. The fourth-order valence-electron chi connectivity index (χ4n) is 1.93. The topological polar surface area (TPSA) is 30.0 Å². The average Bonchev–Trinajstić information content (AvgIpc) is 2.16. The van der Waals surface area contributed by atoms with Gasteiger partial charge in [0.15, 0.2) is 0 Å². The first-order valence-electron chi connectivity index (χ1n) is 5.85. The van der Waals surface area contributed by atoms with Gasteiger partial charge in [-0.25, -0.2) is 0 Å². The molecule has 0 bridgehead atoms. The minimum Gasteiger partial charge on any atom is -0.392 e. The largest absolute Gasteiger partial charge is 0.392 e. The third-order valence-corrected chi connectivity index (χ3v) is 2.97. The summed E-state index contributed by atoms with van der Waals surface area (Å²) in [5.74, 6) is 0. The monoisotopic (exact) mass is 215 g/mol. The summed E-state index contributed by atoms with van der Waals surface area (Å²) < 4.78 is 0. The van der Waals surface area contributed by atoms with E-state index in [1.54, 1.807) is 0 Å². The van der Waals surface area contributed by atoms with Crippen LogP contribution in [0.4, 0.5) is 0 Å². The maximum Gasteiger partial charge on any atom is 0.0638 e. The molecule has 0 aromatic heterocycles. The molecule has 1 aliphatic heterocycles. The van der Waals surface area contributed by atoms with Crippen LogP contribution in [0.1, 0.15) is 6.92 Å². The molecule has 0 saturated carbocycles. The SMILES string of the molecule is CC(O)CN(C)CCN1CCN(C)CC1. The molecule has 4 heteroatoms. The second-order valence-electron chi connectivity index (χ2n) is 4.76. The van der Waals surface area contributed by atoms with Crippen molar-refractivity contribution in [3.63, 3.8) is 0 Å². The lowest BCUT2D eigenvalue weighted by Crippen LogP contribution is -2.47. The minimum atomic E-state index is -0.220. The maximum atomic E-state index is 9.23. The van der Waals surface area contributed by atoms with E-state index in [2.05, 4.69) is 28.8 Å². The molecule has 1 atom stereocenters. The molecule has 0 aliphatic carbocycles. The molecule has 90 valence electrons. The van der Waals surface area contributed by atoms with Crippen molar-refractivity contribution in [3.05, 3.63) is 0 Å². The van der Waals surface area contributed by atoms with Gasteiger partial charge < -0.3 is 14.9 Å². The Balaban J connectivity index is 2.09. The first-order chi connectivity index (χ1) is 7.08. The van der Waals surface area contributed by atoms with E-state index >= 15 is 0 Å². The lowest BCUT2D eigenvalue weighted by Gasteiger charge is -2.33. The van der Waals surface area contributed by atoms with Gasteiger partial charge in [0.25, 0.3) is 0 Å². The molecule has 15 heavy (non-hydrogen) atoms. The van der Waals surface area contributed by atoms with Gasteiger partial charge in [0.1, 0.15) is 0 Å². The van der Waals surface area contributed by atoms with Crippen molar-refractivity contribution < 1.29 is 5.11 Å². The van der Waals surface area contributed by atoms with Gasteiger partial charge in [0.05, 0.1) is 6.10 Å². The summed E-state index contributed by atoms with van der Waals surface area (Å²) in [6.07, 6.45) is -0.220. The third-order valence-electron chi connectivity index (χ3n) is 2.97. The van der Waals surface area contributed by atoms with Crippen molar-refractivity contribution in [2.24, 2.45) is 0 Å². The van der Waals surface area contributed by atoms with E-state index in [9.17, 15) is 5.11 Å². The number of rotatable bonds is 5. The Hall–Kier alpha value is -0.160. The fraction of sp³-hybridized carbons (Fsp3) is 1.00. The number of piperazine rings is 1. The van der Waals surface area contributed by atoms with Crippen molar-refractivity contribution in [3.8, 4) is 0 Å². The van der Waals surface area contributed by atoms with E-state index in [1.165, 1.54) is 26.2 Å². The molecule has 1 rings (SSSR count). The number of aliphatic hydroxyl groups excluding tert-OH is 1. The summed E-state index contributed by atoms with van der Waals surface area (Å²) in [6.45, 7) is 9.50. The zero-order chi connectivity index (χ0) is 11.3. The van der Waals surface area contributed by atoms with E-state index in [1.807, 2.05) is 6.92 Å². The van der Waals surface area contributed by atoms with E-state index in [0.29, 0.717) is 0 Å². The second kappa shape index (κ2) is 6.43. The summed E-state index contributed by atoms with van der Waals surface area (Å²) in [4.78, 5) is 7.07. The van der Waals surface area contributed by atoms with Crippen LogP contribution in [0.15, 0.2) is 0 Å². The Morgan fingerprint density at radius 1 is 1.27 bits per heavy atom. The Bertz CT molecular complexity index is 167. The predicted molar refractivity (Wildman–Crippen MR) is 63.1 cm³/mol. The highest BCUT2D eigenvalue weighted by Crippen LogP contribution is 1.99. The van der Waals surface area contributed by atoms with Crippen LogP contribution in [0.5, 0.6) is 0 Å². The average molecular weight is 215 g/mol. The van der Waals surface area contributed by atoms with Crippen molar-refractivity contribution in [2.45, 2.75) is 13.0 Å². The standard InChI is InChI=1S/C11H25N3O/c1-11(15)10-13(3)6-9-14-7-4-12(2)5-8-14/h11,15H,4-10H2,1-3H3. The normalized spacial score (nSPS) is 22.2. The highest BCUT2D eigenvalue weighted by Gasteiger charge is 2.13. The van der Waals surface area contributed by atoms with Crippen molar-refractivity contribution in [1.82, 2.24) is 14.7 Å². The van der Waals surface area contributed by atoms with Crippen molar-refractivity contribution in [1.29, 1.82) is 0 Å². The number of hydrogen-bond acceptors (Lipinski definition) is 4. The molecule has 1 fully saturated rings. The first-order valence-corrected chi connectivity index (χ1v) is 5.85. The summed E-state index contributed by atoms with van der Waals surface area (Å²) in [6, 6.07) is 0. The molecule has 4 nitrogen and oxygen atoms in total. The number of aliphatic hydroxyl groups is 1. The van der Waals surface area contributed by atoms with E-state index < -0.39 is 0 Å². The third kappa shape index (κ3) is 5.47. The quantitative estimate of drug-likeness (QED) is 0.672. The summed E-state index contributed by atoms with van der Waals surface area (Å²) in [5.41, 5.74) is 0. The summed E-state index contributed by atoms with van der Waals surface area (Å²) in [5, 5.41) is 9.23. The molecule has 0 aromatic rings. The van der Waals surface area contributed by atoms with Crippen molar-refractivity contribution >= 4 is 0 Å². The van der Waals surface area contributed by atoms with Gasteiger partial charge in [-0.1, -0.05) is 0 Å². The van der Waals surface area contributed by atoms with Crippen LogP contribution < -0.4 is 0 Å².